The van der Waals surface area contributed by atoms with Gasteiger partial charge in [-0.05, 0) is 13.8 Å². The van der Waals surface area contributed by atoms with Crippen molar-refractivity contribution in [3.05, 3.63) is 4.91 Å². The number of hydrogen-bond donors (Lipinski definition) is 1. The topological polar surface area (TPSA) is 83.8 Å². The molecule has 1 atom stereocenters. The first-order chi connectivity index (χ1) is 5.41. The van der Waals surface area contributed by atoms with Gasteiger partial charge in [-0.15, -0.1) is 14.1 Å². The van der Waals surface area contributed by atoms with Crippen molar-refractivity contribution in [2.45, 2.75) is 19.4 Å². The number of carbonyl (C=O) groups excluding carboxylic acids is 1. The number of aliphatic carboxylic acids is 1. The van der Waals surface area contributed by atoms with Crippen molar-refractivity contribution in [2.24, 2.45) is 5.18 Å². The molecule has 0 saturated carbocycles. The van der Waals surface area contributed by atoms with Gasteiger partial charge in [-0.25, -0.2) is 4.79 Å². The summed E-state index contributed by atoms with van der Waals surface area (Å²) in [6.07, 6.45) is 0. The fourth-order valence-corrected chi connectivity index (χ4v) is 0.303. The molecule has 0 spiro atoms. The molecular formula is C6H12NO4P. The number of carboxylic acids is 1. The van der Waals surface area contributed by atoms with Gasteiger partial charge in [0.05, 0.1) is 0 Å². The molecular weight excluding hydrogens is 181 g/mol. The third kappa shape index (κ3) is 4.13. The summed E-state index contributed by atoms with van der Waals surface area (Å²) in [6.45, 7) is 4.22. The molecule has 0 rings (SSSR count). The number of nitroso groups, excluding NO2 is 1. The normalized spacial score (nSPS) is 9.33. The molecule has 0 fully saturated rings. The lowest BCUT2D eigenvalue weighted by Crippen LogP contribution is -2.35. The first kappa shape index (κ1) is 13.7. The zero-order chi connectivity index (χ0) is 10.4. The van der Waals surface area contributed by atoms with Crippen LogP contribution < -0.4 is 0 Å². The van der Waals surface area contributed by atoms with E-state index >= 15 is 0 Å². The number of nitrogens with zero attached hydrogens (tertiary/aromatic N) is 1. The van der Waals surface area contributed by atoms with Gasteiger partial charge < -0.3 is 5.11 Å². The summed E-state index contributed by atoms with van der Waals surface area (Å²) in [5.41, 5.74) is -1.65. The molecule has 0 aliphatic heterocycles. The second kappa shape index (κ2) is 5.77. The van der Waals surface area contributed by atoms with Crippen LogP contribution in [-0.4, -0.2) is 29.1 Å². The van der Waals surface area contributed by atoms with Gasteiger partial charge in [-0.1, -0.05) is 11.8 Å². The fraction of sp³-hybridized carbons (Fsp3) is 0.667. The van der Waals surface area contributed by atoms with Gasteiger partial charge >= 0.3 is 5.97 Å². The molecule has 0 radical (unpaired) electrons. The fourth-order valence-electron chi connectivity index (χ4n) is 0.303. The average Bonchev–Trinajstić information content (AvgIpc) is 2.06. The highest BCUT2D eigenvalue weighted by atomic mass is 31.0. The maximum absolute atomic E-state index is 10.5. The van der Waals surface area contributed by atoms with E-state index in [1.807, 2.05) is 6.66 Å². The molecule has 0 aliphatic carbocycles. The summed E-state index contributed by atoms with van der Waals surface area (Å²) in [6, 6.07) is 0. The van der Waals surface area contributed by atoms with Crippen molar-refractivity contribution in [1.82, 2.24) is 0 Å². The van der Waals surface area contributed by atoms with E-state index in [0.29, 0.717) is 0 Å². The van der Waals surface area contributed by atoms with Crippen molar-refractivity contribution < 1.29 is 14.7 Å². The van der Waals surface area contributed by atoms with Gasteiger partial charge in [0, 0.05) is 0 Å². The predicted octanol–water partition coefficient (Wildman–Crippen LogP) is 0.676. The summed E-state index contributed by atoms with van der Waals surface area (Å²) < 4.78 is 0. The van der Waals surface area contributed by atoms with Crippen LogP contribution in [0.3, 0.4) is 0 Å². The van der Waals surface area contributed by atoms with Gasteiger partial charge in [0.1, 0.15) is 0 Å². The van der Waals surface area contributed by atoms with Crippen LogP contribution in [0.1, 0.15) is 13.8 Å². The van der Waals surface area contributed by atoms with Crippen molar-refractivity contribution in [1.29, 1.82) is 0 Å². The van der Waals surface area contributed by atoms with E-state index in [1.54, 1.807) is 0 Å². The van der Waals surface area contributed by atoms with Crippen LogP contribution in [0.4, 0.5) is 0 Å². The monoisotopic (exact) mass is 193 g/mol. The average molecular weight is 193 g/mol. The maximum Gasteiger partial charge on any atom is 0.374 e. The van der Waals surface area contributed by atoms with E-state index in [9.17, 15) is 14.5 Å². The molecule has 0 heterocycles. The summed E-state index contributed by atoms with van der Waals surface area (Å²) >= 11 is 0. The minimum atomic E-state index is -1.65. The maximum atomic E-state index is 10.5. The van der Waals surface area contributed by atoms with E-state index in [2.05, 4.69) is 14.4 Å². The second-order valence-electron chi connectivity index (χ2n) is 2.28. The lowest BCUT2D eigenvalue weighted by Gasteiger charge is -2.08. The van der Waals surface area contributed by atoms with E-state index in [-0.39, 0.29) is 0 Å². The number of carboxylic acid groups (broad SMARTS) is 1. The number of hydrogen-bond acceptors (Lipinski definition) is 4. The van der Waals surface area contributed by atoms with E-state index < -0.39 is 17.3 Å². The summed E-state index contributed by atoms with van der Waals surface area (Å²) in [5, 5.41) is 10.5. The Kier molecular flexibility index (Phi) is 6.61. The van der Waals surface area contributed by atoms with Crippen LogP contribution in [0.5, 0.6) is 0 Å². The molecule has 1 N–H and O–H groups in total. The van der Waals surface area contributed by atoms with E-state index in [1.165, 1.54) is 0 Å². The molecule has 6 heteroatoms. The second-order valence-corrected chi connectivity index (χ2v) is 2.28. The molecule has 70 valence electrons. The number of carbonyl (C=O) groups is 2. The molecule has 1 unspecified atom stereocenters. The van der Waals surface area contributed by atoms with Crippen LogP contribution in [0.25, 0.3) is 0 Å². The smallest absolute Gasteiger partial charge is 0.374 e. The summed E-state index contributed by atoms with van der Waals surface area (Å²) in [4.78, 5) is 30.3. The van der Waals surface area contributed by atoms with E-state index in [0.717, 1.165) is 13.8 Å². The summed E-state index contributed by atoms with van der Waals surface area (Å²) in [7, 11) is 2.42. The van der Waals surface area contributed by atoms with Gasteiger partial charge in [0.25, 0.3) is 5.78 Å². The Balaban J connectivity index is 0. The standard InChI is InChI=1S/C5H7NO4.CH5P/c1-5(2,6-10)3(7)4(8)9;1-2/h1-2H3,(H,8,9);2H2,1H3. The van der Waals surface area contributed by atoms with E-state index in [4.69, 9.17) is 5.11 Å². The van der Waals surface area contributed by atoms with Gasteiger partial charge in [-0.3, -0.25) is 4.79 Å². The number of ketones is 1. The summed E-state index contributed by atoms with van der Waals surface area (Å²) in [5.74, 6) is -2.83. The van der Waals surface area contributed by atoms with Crippen LogP contribution in [0, 0.1) is 4.91 Å². The Bertz CT molecular complexity index is 190. The lowest BCUT2D eigenvalue weighted by atomic mass is 10.0. The Hall–Kier alpha value is -0.830. The third-order valence-corrected chi connectivity index (χ3v) is 0.978. The van der Waals surface area contributed by atoms with Crippen molar-refractivity contribution in [3.8, 4) is 0 Å². The Morgan fingerprint density at radius 1 is 1.33 bits per heavy atom. The van der Waals surface area contributed by atoms with Gasteiger partial charge in [-0.2, -0.15) is 0 Å². The molecule has 0 bridgehead atoms. The molecule has 0 aromatic rings. The zero-order valence-corrected chi connectivity index (χ0v) is 8.35. The molecule has 0 amide bonds. The van der Waals surface area contributed by atoms with Gasteiger partial charge in [0.2, 0.25) is 0 Å². The molecule has 5 nitrogen and oxygen atoms in total. The van der Waals surface area contributed by atoms with Crippen molar-refractivity contribution >= 4 is 21.0 Å². The minimum Gasteiger partial charge on any atom is -0.475 e. The SMILES string of the molecule is CC(C)(N=O)C(=O)C(=O)O.CP. The van der Waals surface area contributed by atoms with Crippen molar-refractivity contribution in [2.75, 3.05) is 6.66 Å². The minimum absolute atomic E-state index is 1.15. The first-order valence-corrected chi connectivity index (χ1v) is 4.27. The quantitative estimate of drug-likeness (QED) is 0.405. The molecule has 0 saturated heterocycles. The highest BCUT2D eigenvalue weighted by Gasteiger charge is 2.34. The third-order valence-electron chi connectivity index (χ3n) is 0.978. The molecule has 12 heavy (non-hydrogen) atoms. The lowest BCUT2D eigenvalue weighted by molar-refractivity contribution is -0.151. The highest BCUT2D eigenvalue weighted by molar-refractivity contribution is 7.15. The highest BCUT2D eigenvalue weighted by Crippen LogP contribution is 2.08. The Morgan fingerprint density at radius 2 is 1.67 bits per heavy atom. The predicted molar refractivity (Wildman–Crippen MR) is 48.2 cm³/mol. The van der Waals surface area contributed by atoms with Crippen molar-refractivity contribution in [3.63, 3.8) is 0 Å². The van der Waals surface area contributed by atoms with Crippen LogP contribution in [0.2, 0.25) is 0 Å². The Morgan fingerprint density at radius 3 is 1.75 bits per heavy atom. The van der Waals surface area contributed by atoms with Crippen LogP contribution in [0.15, 0.2) is 5.18 Å². The number of Topliss-reactive ketones (excluding diaryl/α,β-unsaturated/α-hetero) is 1. The molecule has 0 aliphatic rings. The van der Waals surface area contributed by atoms with Gasteiger partial charge in [0.15, 0.2) is 5.54 Å². The Labute approximate surface area is 72.7 Å². The first-order valence-electron chi connectivity index (χ1n) is 3.12. The molecule has 0 aromatic heterocycles. The van der Waals surface area contributed by atoms with Crippen LogP contribution >= 0.6 is 9.24 Å². The van der Waals surface area contributed by atoms with Crippen LogP contribution in [-0.2, 0) is 9.59 Å². The zero-order valence-electron chi connectivity index (χ0n) is 7.20. The molecule has 0 aromatic carbocycles. The largest absolute Gasteiger partial charge is 0.475 e. The number of rotatable bonds is 3.